The summed E-state index contributed by atoms with van der Waals surface area (Å²) < 4.78 is 5.36. The van der Waals surface area contributed by atoms with Crippen LogP contribution in [0.3, 0.4) is 0 Å². The molecule has 1 amide bonds. The predicted octanol–water partition coefficient (Wildman–Crippen LogP) is 5.64. The number of ether oxygens (including phenoxy) is 1. The molecule has 1 aliphatic heterocycles. The van der Waals surface area contributed by atoms with E-state index >= 15 is 0 Å². The van der Waals surface area contributed by atoms with Crippen molar-refractivity contribution in [1.29, 1.82) is 0 Å². The molecule has 2 aromatic carbocycles. The molecule has 8 heteroatoms. The molecule has 0 spiro atoms. The van der Waals surface area contributed by atoms with E-state index in [9.17, 15) is 14.7 Å². The number of benzene rings is 2. The fraction of sp³-hybridized carbons (Fsp3) is 0.192. The van der Waals surface area contributed by atoms with Gasteiger partial charge in [-0.05, 0) is 48.7 Å². The quantitative estimate of drug-likeness (QED) is 0.281. The molecule has 1 aliphatic rings. The normalized spacial score (nSPS) is 17.3. The second-order valence-corrected chi connectivity index (χ2v) is 8.96. The van der Waals surface area contributed by atoms with Crippen molar-refractivity contribution in [3.05, 3.63) is 98.3 Å². The van der Waals surface area contributed by atoms with E-state index in [1.807, 2.05) is 32.0 Å². The van der Waals surface area contributed by atoms with E-state index in [0.717, 1.165) is 16.7 Å². The number of methoxy groups -OCH3 is 1. The number of aromatic nitrogens is 1. The van der Waals surface area contributed by atoms with Crippen LogP contribution in [0.5, 0.6) is 5.75 Å². The van der Waals surface area contributed by atoms with Crippen LogP contribution in [0.25, 0.3) is 5.76 Å². The Labute approximate surface area is 207 Å². The van der Waals surface area contributed by atoms with Crippen LogP contribution in [0.15, 0.2) is 60.4 Å². The molecule has 3 aromatic rings. The zero-order valence-corrected chi connectivity index (χ0v) is 20.3. The maximum atomic E-state index is 13.3. The van der Waals surface area contributed by atoms with Gasteiger partial charge in [-0.1, -0.05) is 53.0 Å². The van der Waals surface area contributed by atoms with Crippen LogP contribution in [0.1, 0.15) is 33.9 Å². The number of hydrogen-bond donors (Lipinski definition) is 1. The summed E-state index contributed by atoms with van der Waals surface area (Å²) in [5.41, 5.74) is 3.55. The molecule has 1 fully saturated rings. The van der Waals surface area contributed by atoms with Crippen molar-refractivity contribution in [1.82, 2.24) is 9.88 Å². The van der Waals surface area contributed by atoms with Crippen LogP contribution in [-0.4, -0.2) is 33.8 Å². The summed E-state index contributed by atoms with van der Waals surface area (Å²) in [5.74, 6) is -1.80. The fourth-order valence-corrected chi connectivity index (χ4v) is 4.74. The van der Waals surface area contributed by atoms with Crippen molar-refractivity contribution in [3.63, 3.8) is 0 Å². The smallest absolute Gasteiger partial charge is 0.295 e. The first-order valence-electron chi connectivity index (χ1n) is 10.5. The van der Waals surface area contributed by atoms with Gasteiger partial charge in [0.15, 0.2) is 0 Å². The average molecular weight is 497 g/mol. The lowest BCUT2D eigenvalue weighted by molar-refractivity contribution is -0.140. The second-order valence-electron chi connectivity index (χ2n) is 8.11. The van der Waals surface area contributed by atoms with Gasteiger partial charge in [0.25, 0.3) is 11.7 Å². The Morgan fingerprint density at radius 1 is 1.15 bits per heavy atom. The van der Waals surface area contributed by atoms with Crippen molar-refractivity contribution in [2.45, 2.75) is 26.4 Å². The van der Waals surface area contributed by atoms with Gasteiger partial charge in [-0.15, -0.1) is 0 Å². The Hall–Kier alpha value is -3.35. The predicted molar refractivity (Wildman–Crippen MR) is 131 cm³/mol. The first kappa shape index (κ1) is 23.8. The molecule has 2 heterocycles. The molecule has 1 aromatic heterocycles. The summed E-state index contributed by atoms with van der Waals surface area (Å²) in [4.78, 5) is 32.2. The molecule has 0 aliphatic carbocycles. The molecular formula is C26H22Cl2N2O4. The number of likely N-dealkylation sites (tertiary alicyclic amines) is 1. The maximum absolute atomic E-state index is 13.3. The van der Waals surface area contributed by atoms with Crippen molar-refractivity contribution in [2.24, 2.45) is 0 Å². The van der Waals surface area contributed by atoms with Crippen LogP contribution in [0.4, 0.5) is 0 Å². The number of rotatable bonds is 5. The Morgan fingerprint density at radius 3 is 2.59 bits per heavy atom. The second kappa shape index (κ2) is 9.49. The Kier molecular flexibility index (Phi) is 6.64. The zero-order valence-electron chi connectivity index (χ0n) is 18.8. The summed E-state index contributed by atoms with van der Waals surface area (Å²) in [7, 11) is 1.39. The first-order valence-corrected chi connectivity index (χ1v) is 11.3. The molecule has 1 unspecified atom stereocenters. The standard InChI is InChI=1S/C26H22Cl2N2O4/c1-14-6-7-15(2)17(9-14)13-30-22(16-5-4-8-29-12-16)21(24(32)26(30)33)23(31)19-10-18(27)11-20(28)25(19)34-3/h4-12,22,31H,13H2,1-3H3/b23-21+. The molecule has 1 atom stereocenters. The van der Waals surface area contributed by atoms with Crippen molar-refractivity contribution in [3.8, 4) is 5.75 Å². The number of carbonyl (C=O) groups is 2. The number of nitrogens with zero attached hydrogens (tertiary/aromatic N) is 2. The third-order valence-electron chi connectivity index (χ3n) is 5.85. The summed E-state index contributed by atoms with van der Waals surface area (Å²) in [6.45, 7) is 4.09. The molecule has 0 bridgehead atoms. The van der Waals surface area contributed by atoms with Crippen LogP contribution >= 0.6 is 23.2 Å². The highest BCUT2D eigenvalue weighted by molar-refractivity contribution is 6.46. The number of hydrogen-bond acceptors (Lipinski definition) is 5. The Balaban J connectivity index is 1.93. The number of amides is 1. The van der Waals surface area contributed by atoms with Gasteiger partial charge >= 0.3 is 0 Å². The summed E-state index contributed by atoms with van der Waals surface area (Å²) in [5, 5.41) is 11.8. The first-order chi connectivity index (χ1) is 16.2. The van der Waals surface area contributed by atoms with E-state index in [2.05, 4.69) is 4.98 Å². The van der Waals surface area contributed by atoms with Gasteiger partial charge in [0.2, 0.25) is 0 Å². The zero-order chi connectivity index (χ0) is 24.6. The lowest BCUT2D eigenvalue weighted by Crippen LogP contribution is -2.29. The topological polar surface area (TPSA) is 79.7 Å². The monoisotopic (exact) mass is 496 g/mol. The number of Topliss-reactive ketones (excluding diaryl/α,β-unsaturated/α-hetero) is 1. The maximum Gasteiger partial charge on any atom is 0.295 e. The number of aryl methyl sites for hydroxylation is 2. The third kappa shape index (κ3) is 4.27. The van der Waals surface area contributed by atoms with E-state index < -0.39 is 23.5 Å². The molecule has 1 N–H and O–H groups in total. The number of aliphatic hydroxyl groups excluding tert-OH is 1. The van der Waals surface area contributed by atoms with Gasteiger partial charge < -0.3 is 14.7 Å². The fourth-order valence-electron chi connectivity index (χ4n) is 4.17. The van der Waals surface area contributed by atoms with Crippen LogP contribution in [0, 0.1) is 13.8 Å². The molecule has 0 radical (unpaired) electrons. The van der Waals surface area contributed by atoms with Gasteiger partial charge in [0.05, 0.1) is 29.3 Å². The lowest BCUT2D eigenvalue weighted by atomic mass is 9.95. The minimum atomic E-state index is -0.865. The molecule has 174 valence electrons. The van der Waals surface area contributed by atoms with E-state index in [4.69, 9.17) is 27.9 Å². The SMILES string of the molecule is COc1c(Cl)cc(Cl)cc1/C(O)=C1\C(=O)C(=O)N(Cc2cc(C)ccc2C)C1c1cccnc1. The number of halogens is 2. The number of pyridine rings is 1. The van der Waals surface area contributed by atoms with Crippen LogP contribution < -0.4 is 4.74 Å². The number of ketones is 1. The van der Waals surface area contributed by atoms with E-state index in [0.29, 0.717) is 5.56 Å². The van der Waals surface area contributed by atoms with E-state index in [1.54, 1.807) is 24.5 Å². The summed E-state index contributed by atoms with van der Waals surface area (Å²) >= 11 is 12.4. The van der Waals surface area contributed by atoms with Gasteiger partial charge in [0, 0.05) is 24.0 Å². The third-order valence-corrected chi connectivity index (χ3v) is 6.35. The van der Waals surface area contributed by atoms with Crippen LogP contribution in [0.2, 0.25) is 10.0 Å². The summed E-state index contributed by atoms with van der Waals surface area (Å²) in [6, 6.07) is 11.5. The van der Waals surface area contributed by atoms with Gasteiger partial charge in [-0.3, -0.25) is 14.6 Å². The molecule has 6 nitrogen and oxygen atoms in total. The van der Waals surface area contributed by atoms with E-state index in [1.165, 1.54) is 24.1 Å². The average Bonchev–Trinajstić information content (AvgIpc) is 3.06. The number of aliphatic hydroxyl groups is 1. The number of carbonyl (C=O) groups excluding carboxylic acids is 2. The van der Waals surface area contributed by atoms with E-state index in [-0.39, 0.29) is 33.5 Å². The van der Waals surface area contributed by atoms with Crippen molar-refractivity contribution >= 4 is 40.7 Å². The van der Waals surface area contributed by atoms with Crippen molar-refractivity contribution < 1.29 is 19.4 Å². The minimum absolute atomic E-state index is 0.0834. The largest absolute Gasteiger partial charge is 0.507 e. The lowest BCUT2D eigenvalue weighted by Gasteiger charge is -2.26. The molecular weight excluding hydrogens is 475 g/mol. The Bertz CT molecular complexity index is 1320. The summed E-state index contributed by atoms with van der Waals surface area (Å²) in [6.07, 6.45) is 3.17. The van der Waals surface area contributed by atoms with Crippen molar-refractivity contribution in [2.75, 3.05) is 7.11 Å². The van der Waals surface area contributed by atoms with Crippen LogP contribution in [-0.2, 0) is 16.1 Å². The molecule has 1 saturated heterocycles. The highest BCUT2D eigenvalue weighted by atomic mass is 35.5. The Morgan fingerprint density at radius 2 is 1.91 bits per heavy atom. The van der Waals surface area contributed by atoms with Gasteiger partial charge in [-0.25, -0.2) is 0 Å². The minimum Gasteiger partial charge on any atom is -0.507 e. The highest BCUT2D eigenvalue weighted by Gasteiger charge is 2.46. The molecule has 0 saturated carbocycles. The van der Waals surface area contributed by atoms with Gasteiger partial charge in [-0.2, -0.15) is 0 Å². The van der Waals surface area contributed by atoms with Gasteiger partial charge in [0.1, 0.15) is 11.5 Å². The highest BCUT2D eigenvalue weighted by Crippen LogP contribution is 2.43. The molecule has 4 rings (SSSR count). The molecule has 34 heavy (non-hydrogen) atoms.